The Kier molecular flexibility index (Phi) is 4.04. The number of rotatable bonds is 4. The molecule has 0 aliphatic carbocycles. The van der Waals surface area contributed by atoms with Crippen molar-refractivity contribution in [3.63, 3.8) is 0 Å². The van der Waals surface area contributed by atoms with Crippen molar-refractivity contribution < 1.29 is 5.11 Å². The minimum absolute atomic E-state index is 0.0939. The van der Waals surface area contributed by atoms with Gasteiger partial charge in [-0.3, -0.25) is 4.98 Å². The average Bonchev–Trinajstić information content (AvgIpc) is 2.16. The molecule has 78 valence electrons. The third-order valence-electron chi connectivity index (χ3n) is 2.43. The van der Waals surface area contributed by atoms with Crippen LogP contribution in [-0.4, -0.2) is 22.2 Å². The summed E-state index contributed by atoms with van der Waals surface area (Å²) in [5, 5.41) is 12.5. The summed E-state index contributed by atoms with van der Waals surface area (Å²) >= 11 is 0. The standard InChI is InChI=1S/C11H18N2O/c1-8-5-4-6-12-11(8)7-13-9(2)10(3)14/h4-6,9-10,13-14H,7H2,1-3H3. The quantitative estimate of drug-likeness (QED) is 0.758. The molecule has 2 N–H and O–H groups in total. The highest BCUT2D eigenvalue weighted by Crippen LogP contribution is 2.03. The van der Waals surface area contributed by atoms with Gasteiger partial charge in [0.25, 0.3) is 0 Å². The Balaban J connectivity index is 2.50. The molecular weight excluding hydrogens is 176 g/mol. The summed E-state index contributed by atoms with van der Waals surface area (Å²) in [6.07, 6.45) is 1.45. The van der Waals surface area contributed by atoms with Crippen LogP contribution in [-0.2, 0) is 6.54 Å². The minimum atomic E-state index is -0.334. The molecule has 0 fully saturated rings. The molecule has 0 aliphatic heterocycles. The Morgan fingerprint density at radius 2 is 2.21 bits per heavy atom. The monoisotopic (exact) mass is 194 g/mol. The molecule has 2 atom stereocenters. The van der Waals surface area contributed by atoms with Crippen molar-refractivity contribution in [2.24, 2.45) is 0 Å². The van der Waals surface area contributed by atoms with Crippen LogP contribution in [0.4, 0.5) is 0 Å². The fraction of sp³-hybridized carbons (Fsp3) is 0.545. The van der Waals surface area contributed by atoms with E-state index in [9.17, 15) is 5.11 Å². The van der Waals surface area contributed by atoms with E-state index in [1.54, 1.807) is 13.1 Å². The predicted molar refractivity (Wildman–Crippen MR) is 57.0 cm³/mol. The summed E-state index contributed by atoms with van der Waals surface area (Å²) in [4.78, 5) is 4.27. The van der Waals surface area contributed by atoms with Crippen LogP contribution in [0.15, 0.2) is 18.3 Å². The molecule has 0 bridgehead atoms. The van der Waals surface area contributed by atoms with E-state index in [1.165, 1.54) is 5.56 Å². The fourth-order valence-electron chi connectivity index (χ4n) is 1.13. The first-order valence-corrected chi connectivity index (χ1v) is 4.93. The van der Waals surface area contributed by atoms with Gasteiger partial charge in [0.15, 0.2) is 0 Å². The number of aryl methyl sites for hydroxylation is 1. The van der Waals surface area contributed by atoms with Crippen LogP contribution in [0.1, 0.15) is 25.1 Å². The van der Waals surface area contributed by atoms with Crippen molar-refractivity contribution in [2.75, 3.05) is 0 Å². The van der Waals surface area contributed by atoms with Crippen molar-refractivity contribution in [3.8, 4) is 0 Å². The molecule has 1 aromatic rings. The highest BCUT2D eigenvalue weighted by molar-refractivity contribution is 5.17. The number of hydrogen-bond acceptors (Lipinski definition) is 3. The molecular formula is C11H18N2O. The lowest BCUT2D eigenvalue weighted by Crippen LogP contribution is -2.35. The number of nitrogens with one attached hydrogen (secondary N) is 1. The largest absolute Gasteiger partial charge is 0.392 e. The van der Waals surface area contributed by atoms with Crippen LogP contribution >= 0.6 is 0 Å². The fourth-order valence-corrected chi connectivity index (χ4v) is 1.13. The molecule has 0 radical (unpaired) electrons. The number of aromatic nitrogens is 1. The molecule has 0 aromatic carbocycles. The molecule has 0 aliphatic rings. The van der Waals surface area contributed by atoms with Gasteiger partial charge in [-0.25, -0.2) is 0 Å². The van der Waals surface area contributed by atoms with Gasteiger partial charge in [0.05, 0.1) is 11.8 Å². The Bertz CT molecular complexity index is 286. The van der Waals surface area contributed by atoms with Crippen LogP contribution in [0.25, 0.3) is 0 Å². The molecule has 0 saturated carbocycles. The maximum atomic E-state index is 9.29. The van der Waals surface area contributed by atoms with Crippen LogP contribution in [0.5, 0.6) is 0 Å². The summed E-state index contributed by atoms with van der Waals surface area (Å²) in [7, 11) is 0. The average molecular weight is 194 g/mol. The number of aliphatic hydroxyl groups excluding tert-OH is 1. The lowest BCUT2D eigenvalue weighted by atomic mass is 10.2. The van der Waals surface area contributed by atoms with Crippen molar-refractivity contribution in [3.05, 3.63) is 29.6 Å². The Labute approximate surface area is 85.2 Å². The van der Waals surface area contributed by atoms with Crippen LogP contribution in [0.2, 0.25) is 0 Å². The Hall–Kier alpha value is -0.930. The molecule has 2 unspecified atom stereocenters. The van der Waals surface area contributed by atoms with E-state index in [2.05, 4.69) is 10.3 Å². The van der Waals surface area contributed by atoms with E-state index in [0.717, 1.165) is 5.69 Å². The van der Waals surface area contributed by atoms with E-state index < -0.39 is 0 Å². The molecule has 0 spiro atoms. The van der Waals surface area contributed by atoms with Crippen molar-refractivity contribution >= 4 is 0 Å². The van der Waals surface area contributed by atoms with Crippen LogP contribution < -0.4 is 5.32 Å². The first kappa shape index (κ1) is 11.1. The number of nitrogens with zero attached hydrogens (tertiary/aromatic N) is 1. The zero-order chi connectivity index (χ0) is 10.6. The van der Waals surface area contributed by atoms with Gasteiger partial charge in [-0.05, 0) is 32.4 Å². The van der Waals surface area contributed by atoms with E-state index >= 15 is 0 Å². The summed E-state index contributed by atoms with van der Waals surface area (Å²) in [5.41, 5.74) is 2.22. The highest BCUT2D eigenvalue weighted by atomic mass is 16.3. The Morgan fingerprint density at radius 1 is 1.50 bits per heavy atom. The minimum Gasteiger partial charge on any atom is -0.392 e. The topological polar surface area (TPSA) is 45.2 Å². The molecule has 1 rings (SSSR count). The van der Waals surface area contributed by atoms with Gasteiger partial charge in [-0.1, -0.05) is 6.07 Å². The summed E-state index contributed by atoms with van der Waals surface area (Å²) < 4.78 is 0. The lowest BCUT2D eigenvalue weighted by Gasteiger charge is -2.16. The maximum absolute atomic E-state index is 9.29. The van der Waals surface area contributed by atoms with E-state index in [1.807, 2.05) is 26.0 Å². The van der Waals surface area contributed by atoms with Gasteiger partial charge >= 0.3 is 0 Å². The molecule has 1 aromatic heterocycles. The van der Waals surface area contributed by atoms with Crippen molar-refractivity contribution in [1.29, 1.82) is 0 Å². The van der Waals surface area contributed by atoms with Crippen molar-refractivity contribution in [2.45, 2.75) is 39.5 Å². The van der Waals surface area contributed by atoms with Crippen molar-refractivity contribution in [1.82, 2.24) is 10.3 Å². The van der Waals surface area contributed by atoms with Gasteiger partial charge in [-0.15, -0.1) is 0 Å². The Morgan fingerprint density at radius 3 is 2.79 bits per heavy atom. The predicted octanol–water partition coefficient (Wildman–Crippen LogP) is 1.25. The second-order valence-corrected chi connectivity index (χ2v) is 3.68. The van der Waals surface area contributed by atoms with E-state index in [-0.39, 0.29) is 12.1 Å². The first-order chi connectivity index (χ1) is 6.61. The van der Waals surface area contributed by atoms with Crippen LogP contribution in [0.3, 0.4) is 0 Å². The van der Waals surface area contributed by atoms with Gasteiger partial charge in [-0.2, -0.15) is 0 Å². The molecule has 14 heavy (non-hydrogen) atoms. The molecule has 3 heteroatoms. The normalized spacial score (nSPS) is 15.1. The SMILES string of the molecule is Cc1cccnc1CNC(C)C(C)O. The smallest absolute Gasteiger partial charge is 0.0662 e. The first-order valence-electron chi connectivity index (χ1n) is 4.93. The van der Waals surface area contributed by atoms with Crippen LogP contribution in [0, 0.1) is 6.92 Å². The summed E-state index contributed by atoms with van der Waals surface area (Å²) in [6.45, 7) is 6.49. The second-order valence-electron chi connectivity index (χ2n) is 3.68. The van der Waals surface area contributed by atoms with E-state index in [4.69, 9.17) is 0 Å². The van der Waals surface area contributed by atoms with Gasteiger partial charge in [0.1, 0.15) is 0 Å². The molecule has 3 nitrogen and oxygen atoms in total. The number of aliphatic hydroxyl groups is 1. The number of pyridine rings is 1. The zero-order valence-electron chi connectivity index (χ0n) is 8.99. The van der Waals surface area contributed by atoms with Gasteiger partial charge in [0.2, 0.25) is 0 Å². The molecule has 0 amide bonds. The second kappa shape index (κ2) is 5.08. The molecule has 1 heterocycles. The lowest BCUT2D eigenvalue weighted by molar-refractivity contribution is 0.152. The number of hydrogen-bond donors (Lipinski definition) is 2. The highest BCUT2D eigenvalue weighted by Gasteiger charge is 2.08. The maximum Gasteiger partial charge on any atom is 0.0662 e. The van der Waals surface area contributed by atoms with E-state index in [0.29, 0.717) is 6.54 Å². The summed E-state index contributed by atoms with van der Waals surface area (Å²) in [5.74, 6) is 0. The van der Waals surface area contributed by atoms with Gasteiger partial charge < -0.3 is 10.4 Å². The molecule has 0 saturated heterocycles. The van der Waals surface area contributed by atoms with Gasteiger partial charge in [0, 0.05) is 18.8 Å². The summed E-state index contributed by atoms with van der Waals surface area (Å²) in [6, 6.07) is 4.06. The third kappa shape index (κ3) is 3.09. The zero-order valence-corrected chi connectivity index (χ0v) is 8.99. The third-order valence-corrected chi connectivity index (χ3v) is 2.43.